The monoisotopic (exact) mass is 373 g/mol. The first-order valence-electron chi connectivity index (χ1n) is 7.02. The van der Waals surface area contributed by atoms with E-state index in [4.69, 9.17) is 4.52 Å². The molecule has 0 aliphatic carbocycles. The maximum Gasteiger partial charge on any atom is 0.243 e. The number of sulfonamides is 1. The Morgan fingerprint density at radius 1 is 1.12 bits per heavy atom. The van der Waals surface area contributed by atoms with E-state index in [1.807, 2.05) is 13.8 Å². The van der Waals surface area contributed by atoms with Crippen LogP contribution in [0.2, 0.25) is 0 Å². The minimum atomic E-state index is -3.71. The zero-order chi connectivity index (χ0) is 18.1. The number of benzene rings is 1. The maximum absolute atomic E-state index is 12.6. The molecule has 2 rings (SSSR count). The van der Waals surface area contributed by atoms with Crippen LogP contribution in [0.1, 0.15) is 22.8 Å². The molecule has 24 heavy (non-hydrogen) atoms. The van der Waals surface area contributed by atoms with Crippen molar-refractivity contribution in [3.63, 3.8) is 0 Å². The predicted molar refractivity (Wildman–Crippen MR) is 87.4 cm³/mol. The van der Waals surface area contributed by atoms with Gasteiger partial charge in [-0.3, -0.25) is 0 Å². The average Bonchev–Trinajstić information content (AvgIpc) is 2.86. The van der Waals surface area contributed by atoms with E-state index in [1.165, 1.54) is 13.1 Å². The second-order valence-corrected chi connectivity index (χ2v) is 9.87. The SMILES string of the molecule is Cc1ccc(S(=O)(=O)N(C)Cc2nc(CS(C)(=O)=O)no2)cc1C. The van der Waals surface area contributed by atoms with Gasteiger partial charge in [0.1, 0.15) is 5.75 Å². The van der Waals surface area contributed by atoms with Crippen LogP contribution >= 0.6 is 0 Å². The van der Waals surface area contributed by atoms with Gasteiger partial charge in [-0.05, 0) is 37.1 Å². The normalized spacial score (nSPS) is 12.7. The van der Waals surface area contributed by atoms with E-state index in [2.05, 4.69) is 10.1 Å². The fourth-order valence-electron chi connectivity index (χ4n) is 1.98. The van der Waals surface area contributed by atoms with Gasteiger partial charge in [-0.1, -0.05) is 11.2 Å². The Morgan fingerprint density at radius 3 is 2.38 bits per heavy atom. The Hall–Kier alpha value is -1.78. The maximum atomic E-state index is 12.6. The molecule has 0 unspecified atom stereocenters. The zero-order valence-corrected chi connectivity index (χ0v) is 15.5. The predicted octanol–water partition coefficient (Wildman–Crippen LogP) is 1.05. The van der Waals surface area contributed by atoms with Crippen LogP contribution in [0.3, 0.4) is 0 Å². The van der Waals surface area contributed by atoms with Crippen LogP contribution in [0.5, 0.6) is 0 Å². The summed E-state index contributed by atoms with van der Waals surface area (Å²) >= 11 is 0. The van der Waals surface area contributed by atoms with Gasteiger partial charge in [0.2, 0.25) is 15.9 Å². The first-order valence-corrected chi connectivity index (χ1v) is 10.5. The summed E-state index contributed by atoms with van der Waals surface area (Å²) in [6.45, 7) is 3.59. The molecule has 0 aliphatic rings. The molecule has 1 aromatic heterocycles. The number of rotatable bonds is 6. The van der Waals surface area contributed by atoms with Crippen LogP contribution in [-0.4, -0.2) is 44.6 Å². The van der Waals surface area contributed by atoms with Crippen molar-refractivity contribution in [3.05, 3.63) is 41.0 Å². The first kappa shape index (κ1) is 18.6. The Kier molecular flexibility index (Phi) is 5.11. The van der Waals surface area contributed by atoms with E-state index in [1.54, 1.807) is 12.1 Å². The number of aryl methyl sites for hydroxylation is 2. The lowest BCUT2D eigenvalue weighted by Gasteiger charge is -2.15. The highest BCUT2D eigenvalue weighted by Gasteiger charge is 2.24. The fraction of sp³-hybridized carbons (Fsp3) is 0.429. The van der Waals surface area contributed by atoms with E-state index < -0.39 is 19.9 Å². The molecule has 2 aromatic rings. The first-order chi connectivity index (χ1) is 11.0. The molecule has 0 fully saturated rings. The van der Waals surface area contributed by atoms with Crippen LogP contribution in [-0.2, 0) is 32.2 Å². The van der Waals surface area contributed by atoms with E-state index >= 15 is 0 Å². The van der Waals surface area contributed by atoms with Crippen molar-refractivity contribution < 1.29 is 21.4 Å². The Labute approximate surface area is 141 Å². The number of hydrogen-bond donors (Lipinski definition) is 0. The van der Waals surface area contributed by atoms with Gasteiger partial charge < -0.3 is 4.52 Å². The van der Waals surface area contributed by atoms with Gasteiger partial charge in [-0.2, -0.15) is 9.29 Å². The van der Waals surface area contributed by atoms with Crippen molar-refractivity contribution in [2.45, 2.75) is 31.0 Å². The molecule has 0 saturated carbocycles. The molecule has 8 nitrogen and oxygen atoms in total. The Balaban J connectivity index is 2.19. The molecule has 0 atom stereocenters. The summed E-state index contributed by atoms with van der Waals surface area (Å²) in [6.07, 6.45) is 1.05. The van der Waals surface area contributed by atoms with E-state index in [0.29, 0.717) is 0 Å². The largest absolute Gasteiger partial charge is 0.338 e. The van der Waals surface area contributed by atoms with Crippen molar-refractivity contribution in [2.75, 3.05) is 13.3 Å². The molecule has 0 aliphatic heterocycles. The van der Waals surface area contributed by atoms with Crippen molar-refractivity contribution in [3.8, 4) is 0 Å². The van der Waals surface area contributed by atoms with Gasteiger partial charge in [0, 0.05) is 13.3 Å². The summed E-state index contributed by atoms with van der Waals surface area (Å²) in [6, 6.07) is 4.88. The standard InChI is InChI=1S/C14H19N3O5S2/c1-10-5-6-12(7-11(10)2)24(20,21)17(3)8-14-15-13(16-22-14)9-23(4,18)19/h5-7H,8-9H2,1-4H3. The summed E-state index contributed by atoms with van der Waals surface area (Å²) in [7, 11) is -5.61. The molecule has 10 heteroatoms. The highest BCUT2D eigenvalue weighted by atomic mass is 32.2. The van der Waals surface area contributed by atoms with E-state index in [-0.39, 0.29) is 28.9 Å². The number of aromatic nitrogens is 2. The number of sulfone groups is 1. The van der Waals surface area contributed by atoms with Crippen molar-refractivity contribution in [2.24, 2.45) is 0 Å². The van der Waals surface area contributed by atoms with Crippen LogP contribution in [0, 0.1) is 13.8 Å². The summed E-state index contributed by atoms with van der Waals surface area (Å²) in [4.78, 5) is 4.08. The summed E-state index contributed by atoms with van der Waals surface area (Å²) in [5.41, 5.74) is 1.87. The number of hydrogen-bond acceptors (Lipinski definition) is 7. The highest BCUT2D eigenvalue weighted by molar-refractivity contribution is 7.89. The third kappa shape index (κ3) is 4.40. The van der Waals surface area contributed by atoms with Crippen molar-refractivity contribution in [1.29, 1.82) is 0 Å². The summed E-state index contributed by atoms with van der Waals surface area (Å²) < 4.78 is 53.6. The lowest BCUT2D eigenvalue weighted by molar-refractivity contribution is 0.334. The van der Waals surface area contributed by atoms with Gasteiger partial charge in [-0.25, -0.2) is 16.8 Å². The third-order valence-electron chi connectivity index (χ3n) is 3.45. The van der Waals surface area contributed by atoms with Crippen molar-refractivity contribution >= 4 is 19.9 Å². The second kappa shape index (κ2) is 6.61. The molecule has 0 saturated heterocycles. The van der Waals surface area contributed by atoms with Gasteiger partial charge in [0.05, 0.1) is 11.4 Å². The molecular formula is C14H19N3O5S2. The average molecular weight is 373 g/mol. The molecule has 0 amide bonds. The minimum Gasteiger partial charge on any atom is -0.338 e. The molecule has 132 valence electrons. The molecule has 0 N–H and O–H groups in total. The molecule has 0 radical (unpaired) electrons. The summed E-state index contributed by atoms with van der Waals surface area (Å²) in [5.74, 6) is -0.322. The second-order valence-electron chi connectivity index (χ2n) is 5.68. The zero-order valence-electron chi connectivity index (χ0n) is 13.8. The quantitative estimate of drug-likeness (QED) is 0.744. The van der Waals surface area contributed by atoms with Crippen LogP contribution in [0.25, 0.3) is 0 Å². The highest BCUT2D eigenvalue weighted by Crippen LogP contribution is 2.19. The van der Waals surface area contributed by atoms with Crippen LogP contribution in [0.4, 0.5) is 0 Å². The van der Waals surface area contributed by atoms with E-state index in [0.717, 1.165) is 21.7 Å². The van der Waals surface area contributed by atoms with Gasteiger partial charge in [0.15, 0.2) is 15.7 Å². The fourth-order valence-corrected chi connectivity index (χ4v) is 3.77. The lowest BCUT2D eigenvalue weighted by atomic mass is 10.1. The third-order valence-corrected chi connectivity index (χ3v) is 6.03. The molecule has 0 spiro atoms. The minimum absolute atomic E-state index is 0.00415. The van der Waals surface area contributed by atoms with E-state index in [9.17, 15) is 16.8 Å². The Bertz CT molecular complexity index is 949. The topological polar surface area (TPSA) is 110 Å². The van der Waals surface area contributed by atoms with Crippen LogP contribution in [0.15, 0.2) is 27.6 Å². The number of nitrogens with zero attached hydrogens (tertiary/aromatic N) is 3. The summed E-state index contributed by atoms with van der Waals surface area (Å²) in [5, 5.41) is 3.55. The Morgan fingerprint density at radius 2 is 1.79 bits per heavy atom. The van der Waals surface area contributed by atoms with Crippen LogP contribution < -0.4 is 0 Å². The van der Waals surface area contributed by atoms with Gasteiger partial charge in [0.25, 0.3) is 0 Å². The van der Waals surface area contributed by atoms with Gasteiger partial charge >= 0.3 is 0 Å². The van der Waals surface area contributed by atoms with Crippen molar-refractivity contribution in [1.82, 2.24) is 14.4 Å². The molecule has 0 bridgehead atoms. The molecule has 1 heterocycles. The lowest BCUT2D eigenvalue weighted by Crippen LogP contribution is -2.26. The smallest absolute Gasteiger partial charge is 0.243 e. The molecule has 1 aromatic carbocycles. The van der Waals surface area contributed by atoms with Gasteiger partial charge in [-0.15, -0.1) is 0 Å². The molecular weight excluding hydrogens is 354 g/mol.